The summed E-state index contributed by atoms with van der Waals surface area (Å²) >= 11 is 5.82. The molecule has 0 aliphatic heterocycles. The van der Waals surface area contributed by atoms with Gasteiger partial charge in [0.2, 0.25) is 0 Å². The minimum Gasteiger partial charge on any atom is -0.504 e. The number of hydrogen-bond acceptors (Lipinski definition) is 3. The van der Waals surface area contributed by atoms with Gasteiger partial charge in [0.15, 0.2) is 11.5 Å². The molecule has 0 heterocycles. The van der Waals surface area contributed by atoms with Crippen molar-refractivity contribution in [2.45, 2.75) is 6.42 Å². The van der Waals surface area contributed by atoms with Crippen LogP contribution in [0.15, 0.2) is 12.1 Å². The minimum atomic E-state index is -0.00264. The van der Waals surface area contributed by atoms with Crippen LogP contribution in [0, 0.1) is 11.3 Å². The van der Waals surface area contributed by atoms with E-state index in [1.54, 1.807) is 0 Å². The van der Waals surface area contributed by atoms with Gasteiger partial charge in [0, 0.05) is 11.1 Å². The number of ether oxygens (including phenoxy) is 1. The monoisotopic (exact) mass is 197 g/mol. The molecule has 1 aromatic rings. The van der Waals surface area contributed by atoms with Gasteiger partial charge in [0.25, 0.3) is 0 Å². The van der Waals surface area contributed by atoms with Crippen molar-refractivity contribution in [3.63, 3.8) is 0 Å². The molecule has 68 valence electrons. The Labute approximate surface area is 81.1 Å². The van der Waals surface area contributed by atoms with Crippen LogP contribution in [0.4, 0.5) is 0 Å². The van der Waals surface area contributed by atoms with Crippen molar-refractivity contribution >= 4 is 11.6 Å². The molecule has 0 aliphatic rings. The summed E-state index contributed by atoms with van der Waals surface area (Å²) in [6, 6.07) is 4.88. The Morgan fingerprint density at radius 3 is 2.85 bits per heavy atom. The van der Waals surface area contributed by atoms with Crippen molar-refractivity contribution in [3.8, 4) is 17.6 Å². The lowest BCUT2D eigenvalue weighted by atomic mass is 10.1. The highest BCUT2D eigenvalue weighted by Crippen LogP contribution is 2.32. The molecular formula is C9H8ClNO2. The molecule has 0 atom stereocenters. The SMILES string of the molecule is COc1cc(Cl)c(CC#N)cc1O. The number of nitrogens with zero attached hydrogens (tertiary/aromatic N) is 1. The first-order valence-corrected chi connectivity index (χ1v) is 3.99. The Morgan fingerprint density at radius 2 is 2.31 bits per heavy atom. The van der Waals surface area contributed by atoms with Crippen molar-refractivity contribution in [2.24, 2.45) is 0 Å². The van der Waals surface area contributed by atoms with Gasteiger partial charge in [-0.1, -0.05) is 11.6 Å². The summed E-state index contributed by atoms with van der Waals surface area (Å²) in [5, 5.41) is 18.2. The summed E-state index contributed by atoms with van der Waals surface area (Å²) in [5.41, 5.74) is 0.600. The van der Waals surface area contributed by atoms with Crippen LogP contribution >= 0.6 is 11.6 Å². The van der Waals surface area contributed by atoms with Gasteiger partial charge in [-0.05, 0) is 11.6 Å². The first-order valence-electron chi connectivity index (χ1n) is 3.61. The number of methoxy groups -OCH3 is 1. The predicted molar refractivity (Wildman–Crippen MR) is 49.0 cm³/mol. The van der Waals surface area contributed by atoms with Crippen LogP contribution in [0.2, 0.25) is 5.02 Å². The van der Waals surface area contributed by atoms with E-state index in [0.29, 0.717) is 16.3 Å². The van der Waals surface area contributed by atoms with Gasteiger partial charge >= 0.3 is 0 Å². The second-order valence-electron chi connectivity index (χ2n) is 2.45. The summed E-state index contributed by atoms with van der Waals surface area (Å²) in [5.74, 6) is 0.309. The molecular weight excluding hydrogens is 190 g/mol. The van der Waals surface area contributed by atoms with E-state index >= 15 is 0 Å². The summed E-state index contributed by atoms with van der Waals surface area (Å²) in [4.78, 5) is 0. The Balaban J connectivity index is 3.14. The average molecular weight is 198 g/mol. The largest absolute Gasteiger partial charge is 0.504 e. The highest BCUT2D eigenvalue weighted by atomic mass is 35.5. The summed E-state index contributed by atoms with van der Waals surface area (Å²) in [6.45, 7) is 0. The first kappa shape index (κ1) is 9.69. The topological polar surface area (TPSA) is 53.2 Å². The molecule has 0 aliphatic carbocycles. The van der Waals surface area contributed by atoms with Crippen LogP contribution in [0.3, 0.4) is 0 Å². The second kappa shape index (κ2) is 4.01. The number of phenolic OH excluding ortho intramolecular Hbond substituents is 1. The van der Waals surface area contributed by atoms with E-state index in [4.69, 9.17) is 21.6 Å². The molecule has 4 heteroatoms. The molecule has 0 bridgehead atoms. The molecule has 0 fully saturated rings. The Hall–Kier alpha value is -1.40. The average Bonchev–Trinajstić information content (AvgIpc) is 2.11. The molecule has 0 unspecified atom stereocenters. The quantitative estimate of drug-likeness (QED) is 0.790. The van der Waals surface area contributed by atoms with Crippen LogP contribution < -0.4 is 4.74 Å². The number of rotatable bonds is 2. The predicted octanol–water partition coefficient (Wildman–Crippen LogP) is 2.12. The maximum absolute atomic E-state index is 9.35. The fourth-order valence-electron chi connectivity index (χ4n) is 0.971. The normalized spacial score (nSPS) is 9.31. The number of phenols is 1. The van der Waals surface area contributed by atoms with E-state index in [0.717, 1.165) is 0 Å². The molecule has 1 rings (SSSR count). The molecule has 0 amide bonds. The third kappa shape index (κ3) is 2.04. The van der Waals surface area contributed by atoms with Gasteiger partial charge < -0.3 is 9.84 Å². The molecule has 0 spiro atoms. The highest BCUT2D eigenvalue weighted by Gasteiger charge is 2.07. The molecule has 1 N–H and O–H groups in total. The van der Waals surface area contributed by atoms with Crippen LogP contribution in [-0.2, 0) is 6.42 Å². The lowest BCUT2D eigenvalue weighted by molar-refractivity contribution is 0.373. The Morgan fingerprint density at radius 1 is 1.62 bits per heavy atom. The second-order valence-corrected chi connectivity index (χ2v) is 2.86. The van der Waals surface area contributed by atoms with Crippen LogP contribution in [0.5, 0.6) is 11.5 Å². The van der Waals surface area contributed by atoms with Crippen molar-refractivity contribution in [1.29, 1.82) is 5.26 Å². The standard InChI is InChI=1S/C9H8ClNO2/c1-13-9-5-7(10)6(2-3-11)4-8(9)12/h4-5,12H,2H2,1H3. The number of benzene rings is 1. The zero-order valence-electron chi connectivity index (χ0n) is 7.04. The van der Waals surface area contributed by atoms with Gasteiger partial charge in [-0.3, -0.25) is 0 Å². The van der Waals surface area contributed by atoms with Gasteiger partial charge in [-0.2, -0.15) is 5.26 Å². The van der Waals surface area contributed by atoms with E-state index in [1.807, 2.05) is 6.07 Å². The number of hydrogen-bond donors (Lipinski definition) is 1. The van der Waals surface area contributed by atoms with Gasteiger partial charge in [0.05, 0.1) is 19.6 Å². The smallest absolute Gasteiger partial charge is 0.161 e. The molecule has 0 saturated heterocycles. The maximum Gasteiger partial charge on any atom is 0.161 e. The van der Waals surface area contributed by atoms with Crippen LogP contribution in [-0.4, -0.2) is 12.2 Å². The zero-order chi connectivity index (χ0) is 9.84. The minimum absolute atomic E-state index is 0.00264. The highest BCUT2D eigenvalue weighted by molar-refractivity contribution is 6.31. The number of aromatic hydroxyl groups is 1. The molecule has 0 saturated carbocycles. The fourth-order valence-corrected chi connectivity index (χ4v) is 1.19. The summed E-state index contributed by atoms with van der Waals surface area (Å²) in [7, 11) is 1.44. The number of halogens is 1. The van der Waals surface area contributed by atoms with Crippen molar-refractivity contribution in [1.82, 2.24) is 0 Å². The molecule has 0 radical (unpaired) electrons. The van der Waals surface area contributed by atoms with E-state index in [9.17, 15) is 5.11 Å². The fraction of sp³-hybridized carbons (Fsp3) is 0.222. The Bertz CT molecular complexity index is 357. The van der Waals surface area contributed by atoms with Crippen molar-refractivity contribution in [3.05, 3.63) is 22.7 Å². The van der Waals surface area contributed by atoms with E-state index in [1.165, 1.54) is 19.2 Å². The number of nitriles is 1. The lowest BCUT2D eigenvalue weighted by Gasteiger charge is -2.06. The van der Waals surface area contributed by atoms with E-state index in [-0.39, 0.29) is 12.2 Å². The Kier molecular flexibility index (Phi) is 2.99. The lowest BCUT2D eigenvalue weighted by Crippen LogP contribution is -1.88. The van der Waals surface area contributed by atoms with Gasteiger partial charge in [0.1, 0.15) is 0 Å². The molecule has 1 aromatic carbocycles. The van der Waals surface area contributed by atoms with Gasteiger partial charge in [-0.15, -0.1) is 0 Å². The van der Waals surface area contributed by atoms with Gasteiger partial charge in [-0.25, -0.2) is 0 Å². The molecule has 13 heavy (non-hydrogen) atoms. The maximum atomic E-state index is 9.35. The third-order valence-electron chi connectivity index (χ3n) is 1.62. The summed E-state index contributed by atoms with van der Waals surface area (Å²) in [6.07, 6.45) is 0.177. The first-order chi connectivity index (χ1) is 6.19. The molecule has 3 nitrogen and oxygen atoms in total. The summed E-state index contributed by atoms with van der Waals surface area (Å²) < 4.78 is 4.84. The van der Waals surface area contributed by atoms with Crippen LogP contribution in [0.25, 0.3) is 0 Å². The van der Waals surface area contributed by atoms with E-state index in [2.05, 4.69) is 0 Å². The third-order valence-corrected chi connectivity index (χ3v) is 1.97. The molecule has 0 aromatic heterocycles. The van der Waals surface area contributed by atoms with Crippen LogP contribution in [0.1, 0.15) is 5.56 Å². The van der Waals surface area contributed by atoms with Crippen molar-refractivity contribution in [2.75, 3.05) is 7.11 Å². The van der Waals surface area contributed by atoms with E-state index < -0.39 is 0 Å². The van der Waals surface area contributed by atoms with Crippen molar-refractivity contribution < 1.29 is 9.84 Å². The zero-order valence-corrected chi connectivity index (χ0v) is 7.80.